The molecule has 1 aromatic carbocycles. The first-order valence-corrected chi connectivity index (χ1v) is 12.7. The number of nitrogens with one attached hydrogen (secondary N) is 4. The summed E-state index contributed by atoms with van der Waals surface area (Å²) in [7, 11) is 0. The lowest BCUT2D eigenvalue weighted by molar-refractivity contribution is -0.142. The lowest BCUT2D eigenvalue weighted by Crippen LogP contribution is -2.57. The molecule has 204 valence electrons. The smallest absolute Gasteiger partial charge is 0.326 e. The SMILES string of the molecule is CCC(C)C(N)C(=O)NC(CCCCN)C(=O)NC(C)C(=O)NC(Cc1c[nH]c2ccccc12)C(=O)O. The van der Waals surface area contributed by atoms with Crippen molar-refractivity contribution in [3.63, 3.8) is 0 Å². The van der Waals surface area contributed by atoms with Crippen molar-refractivity contribution >= 4 is 34.6 Å². The molecule has 1 aromatic heterocycles. The molecule has 3 amide bonds. The largest absolute Gasteiger partial charge is 0.480 e. The van der Waals surface area contributed by atoms with Crippen molar-refractivity contribution in [1.29, 1.82) is 0 Å². The third-order valence-corrected chi connectivity index (χ3v) is 6.61. The molecule has 0 aliphatic rings. The average Bonchev–Trinajstić information content (AvgIpc) is 3.29. The number of nitrogens with two attached hydrogens (primary N) is 2. The number of carbonyl (C=O) groups excluding carboxylic acids is 3. The van der Waals surface area contributed by atoms with Crippen molar-refractivity contribution < 1.29 is 24.3 Å². The summed E-state index contributed by atoms with van der Waals surface area (Å²) in [6, 6.07) is 3.58. The third kappa shape index (κ3) is 8.57. The van der Waals surface area contributed by atoms with Crippen LogP contribution in [0.1, 0.15) is 52.0 Å². The molecule has 11 nitrogen and oxygen atoms in total. The van der Waals surface area contributed by atoms with E-state index in [0.717, 1.165) is 16.5 Å². The lowest BCUT2D eigenvalue weighted by Gasteiger charge is -2.25. The third-order valence-electron chi connectivity index (χ3n) is 6.61. The Morgan fingerprint density at radius 2 is 1.65 bits per heavy atom. The van der Waals surface area contributed by atoms with Crippen LogP contribution in [0, 0.1) is 5.92 Å². The number of unbranched alkanes of at least 4 members (excludes halogenated alkanes) is 1. The Kier molecular flexibility index (Phi) is 11.5. The zero-order valence-electron chi connectivity index (χ0n) is 21.8. The van der Waals surface area contributed by atoms with E-state index in [4.69, 9.17) is 11.5 Å². The normalized spacial score (nSPS) is 15.3. The maximum absolute atomic E-state index is 13.0. The predicted octanol–water partition coefficient (Wildman–Crippen LogP) is 0.772. The monoisotopic (exact) mass is 516 g/mol. The van der Waals surface area contributed by atoms with Gasteiger partial charge in [-0.15, -0.1) is 0 Å². The van der Waals surface area contributed by atoms with E-state index in [0.29, 0.717) is 32.2 Å². The number of hydrogen-bond donors (Lipinski definition) is 7. The van der Waals surface area contributed by atoms with Gasteiger partial charge in [0.25, 0.3) is 0 Å². The minimum atomic E-state index is -1.19. The Morgan fingerprint density at radius 3 is 2.30 bits per heavy atom. The van der Waals surface area contributed by atoms with E-state index in [-0.39, 0.29) is 12.3 Å². The van der Waals surface area contributed by atoms with Gasteiger partial charge in [-0.3, -0.25) is 14.4 Å². The summed E-state index contributed by atoms with van der Waals surface area (Å²) in [5, 5.41) is 18.4. The molecule has 0 fully saturated rings. The van der Waals surface area contributed by atoms with Crippen molar-refractivity contribution in [2.45, 2.75) is 77.0 Å². The molecule has 5 unspecified atom stereocenters. The van der Waals surface area contributed by atoms with Crippen LogP contribution in [0.15, 0.2) is 30.5 Å². The van der Waals surface area contributed by atoms with Crippen molar-refractivity contribution in [1.82, 2.24) is 20.9 Å². The number of aromatic nitrogens is 1. The second-order valence-corrected chi connectivity index (χ2v) is 9.45. The molecule has 2 rings (SSSR count). The highest BCUT2D eigenvalue weighted by molar-refractivity contribution is 5.94. The van der Waals surface area contributed by atoms with E-state index in [1.807, 2.05) is 38.1 Å². The van der Waals surface area contributed by atoms with Crippen LogP contribution in [0.2, 0.25) is 0 Å². The summed E-state index contributed by atoms with van der Waals surface area (Å²) in [6.07, 6.45) is 4.09. The fourth-order valence-corrected chi connectivity index (χ4v) is 3.94. The van der Waals surface area contributed by atoms with E-state index < -0.39 is 47.9 Å². The molecule has 2 aromatic rings. The highest BCUT2D eigenvalue weighted by Crippen LogP contribution is 2.19. The average molecular weight is 517 g/mol. The van der Waals surface area contributed by atoms with Crippen molar-refractivity contribution in [2.75, 3.05) is 6.54 Å². The summed E-state index contributed by atoms with van der Waals surface area (Å²) < 4.78 is 0. The number of carboxylic acids is 1. The fourth-order valence-electron chi connectivity index (χ4n) is 3.94. The van der Waals surface area contributed by atoms with Gasteiger partial charge in [0.05, 0.1) is 6.04 Å². The molecular formula is C26H40N6O5. The first-order valence-electron chi connectivity index (χ1n) is 12.7. The van der Waals surface area contributed by atoms with Gasteiger partial charge < -0.3 is 37.5 Å². The molecule has 0 aliphatic heterocycles. The quantitative estimate of drug-likeness (QED) is 0.170. The minimum Gasteiger partial charge on any atom is -0.480 e. The van der Waals surface area contributed by atoms with Gasteiger partial charge >= 0.3 is 5.97 Å². The van der Waals surface area contributed by atoms with Crippen LogP contribution in [0.5, 0.6) is 0 Å². The van der Waals surface area contributed by atoms with E-state index in [9.17, 15) is 24.3 Å². The van der Waals surface area contributed by atoms with Crippen LogP contribution in [0.4, 0.5) is 0 Å². The van der Waals surface area contributed by atoms with Gasteiger partial charge in [0.2, 0.25) is 17.7 Å². The van der Waals surface area contributed by atoms with E-state index >= 15 is 0 Å². The van der Waals surface area contributed by atoms with Gasteiger partial charge in [-0.2, -0.15) is 0 Å². The first-order chi connectivity index (χ1) is 17.6. The van der Waals surface area contributed by atoms with Crippen molar-refractivity contribution in [3.05, 3.63) is 36.0 Å². The molecule has 0 bridgehead atoms. The van der Waals surface area contributed by atoms with Crippen molar-refractivity contribution in [2.24, 2.45) is 17.4 Å². The summed E-state index contributed by atoms with van der Waals surface area (Å²) >= 11 is 0. The van der Waals surface area contributed by atoms with Gasteiger partial charge in [-0.25, -0.2) is 4.79 Å². The Hall–Kier alpha value is -3.44. The van der Waals surface area contributed by atoms with E-state index in [2.05, 4.69) is 20.9 Å². The second-order valence-electron chi connectivity index (χ2n) is 9.45. The van der Waals surface area contributed by atoms with Crippen LogP contribution in [0.25, 0.3) is 10.9 Å². The predicted molar refractivity (Wildman–Crippen MR) is 141 cm³/mol. The zero-order valence-corrected chi connectivity index (χ0v) is 21.8. The van der Waals surface area contributed by atoms with Gasteiger partial charge in [-0.05, 0) is 50.3 Å². The highest BCUT2D eigenvalue weighted by atomic mass is 16.4. The summed E-state index contributed by atoms with van der Waals surface area (Å²) in [5.74, 6) is -2.90. The number of benzene rings is 1. The number of fused-ring (bicyclic) bond motifs is 1. The Labute approximate surface area is 217 Å². The Balaban J connectivity index is 2.04. The standard InChI is InChI=1S/C26H40N6O5/c1-4-15(2)22(28)25(35)31-20(11-7-8-12-27)24(34)30-16(3)23(33)32-21(26(36)37)13-17-14-29-19-10-6-5-9-18(17)19/h5-6,9-10,14-16,20-22,29H,4,7-8,11-13,27-28H2,1-3H3,(H,30,34)(H,31,35)(H,32,33)(H,36,37). The summed E-state index contributed by atoms with van der Waals surface area (Å²) in [6.45, 7) is 5.68. The molecule has 1 heterocycles. The molecule has 0 aliphatic carbocycles. The maximum atomic E-state index is 13.0. The molecule has 0 radical (unpaired) electrons. The van der Waals surface area contributed by atoms with Crippen LogP contribution in [-0.4, -0.2) is 64.5 Å². The molecule has 0 spiro atoms. The minimum absolute atomic E-state index is 0.0665. The number of carboxylic acid groups (broad SMARTS) is 1. The number of carbonyl (C=O) groups is 4. The van der Waals surface area contributed by atoms with Gasteiger partial charge in [-0.1, -0.05) is 38.5 Å². The van der Waals surface area contributed by atoms with E-state index in [1.54, 1.807) is 6.20 Å². The maximum Gasteiger partial charge on any atom is 0.326 e. The number of amides is 3. The number of para-hydroxylation sites is 1. The number of H-pyrrole nitrogens is 1. The summed E-state index contributed by atoms with van der Waals surface area (Å²) in [4.78, 5) is 53.3. The summed E-state index contributed by atoms with van der Waals surface area (Å²) in [5.41, 5.74) is 13.2. The van der Waals surface area contributed by atoms with Gasteiger partial charge in [0, 0.05) is 23.5 Å². The van der Waals surface area contributed by atoms with Gasteiger partial charge in [0.1, 0.15) is 18.1 Å². The Bertz CT molecular complexity index is 1070. The zero-order chi connectivity index (χ0) is 27.5. The molecule has 9 N–H and O–H groups in total. The van der Waals surface area contributed by atoms with Gasteiger partial charge in [0.15, 0.2) is 0 Å². The van der Waals surface area contributed by atoms with Crippen LogP contribution < -0.4 is 27.4 Å². The number of hydrogen-bond acceptors (Lipinski definition) is 6. The lowest BCUT2D eigenvalue weighted by atomic mass is 9.98. The molecule has 0 saturated carbocycles. The van der Waals surface area contributed by atoms with Crippen LogP contribution >= 0.6 is 0 Å². The topological polar surface area (TPSA) is 192 Å². The second kappa shape index (κ2) is 14.3. The number of rotatable bonds is 15. The van der Waals surface area contributed by atoms with Crippen LogP contribution in [0.3, 0.4) is 0 Å². The molecular weight excluding hydrogens is 476 g/mol. The molecule has 0 saturated heterocycles. The van der Waals surface area contributed by atoms with E-state index in [1.165, 1.54) is 6.92 Å². The number of aromatic amines is 1. The van der Waals surface area contributed by atoms with Crippen molar-refractivity contribution in [3.8, 4) is 0 Å². The number of aliphatic carboxylic acids is 1. The fraction of sp³-hybridized carbons (Fsp3) is 0.538. The molecule has 11 heteroatoms. The molecule has 37 heavy (non-hydrogen) atoms. The molecule has 5 atom stereocenters. The van der Waals surface area contributed by atoms with Crippen LogP contribution in [-0.2, 0) is 25.6 Å². The first kappa shape index (κ1) is 29.8. The Morgan fingerprint density at radius 1 is 0.973 bits per heavy atom. The highest BCUT2D eigenvalue weighted by Gasteiger charge is 2.29.